The second-order valence-corrected chi connectivity index (χ2v) is 10.4. The number of fused-ring (bicyclic) bond motifs is 2. The Morgan fingerprint density at radius 2 is 1.67 bits per heavy atom. The minimum absolute atomic E-state index is 0.104. The number of ether oxygens (including phenoxy) is 4. The van der Waals surface area contributed by atoms with Crippen molar-refractivity contribution in [3.05, 3.63) is 11.1 Å². The Bertz CT molecular complexity index is 748. The molecule has 0 radical (unpaired) electrons. The number of allylic oxidation sites excluding steroid dienone is 1. The summed E-state index contributed by atoms with van der Waals surface area (Å²) in [5, 5.41) is 11.3. The van der Waals surface area contributed by atoms with Crippen LogP contribution in [0.1, 0.15) is 58.3 Å². The highest BCUT2D eigenvalue weighted by atomic mass is 16.7. The van der Waals surface area contributed by atoms with Gasteiger partial charge >= 0.3 is 0 Å². The highest BCUT2D eigenvalue weighted by Crippen LogP contribution is 2.87. The van der Waals surface area contributed by atoms with E-state index >= 15 is 0 Å². The highest BCUT2D eigenvalue weighted by Gasteiger charge is 2.82. The van der Waals surface area contributed by atoms with E-state index in [-0.39, 0.29) is 28.1 Å². The van der Waals surface area contributed by atoms with Crippen LogP contribution in [0.3, 0.4) is 0 Å². The summed E-state index contributed by atoms with van der Waals surface area (Å²) >= 11 is 0. The Morgan fingerprint density at radius 3 is 2.37 bits per heavy atom. The average molecular weight is 374 g/mol. The van der Waals surface area contributed by atoms with Gasteiger partial charge in [0.2, 0.25) is 0 Å². The lowest BCUT2D eigenvalue weighted by atomic mass is 9.25. The van der Waals surface area contributed by atoms with Crippen molar-refractivity contribution < 1.29 is 24.1 Å². The van der Waals surface area contributed by atoms with Crippen LogP contribution in [0, 0.1) is 22.2 Å². The van der Waals surface area contributed by atoms with Gasteiger partial charge < -0.3 is 24.1 Å². The van der Waals surface area contributed by atoms with Crippen molar-refractivity contribution in [3.63, 3.8) is 0 Å². The predicted molar refractivity (Wildman–Crippen MR) is 95.7 cm³/mol. The molecule has 6 fully saturated rings. The zero-order valence-electron chi connectivity index (χ0n) is 16.2. The molecule has 0 amide bonds. The Hall–Kier alpha value is -0.460. The van der Waals surface area contributed by atoms with E-state index in [4.69, 9.17) is 18.9 Å². The fraction of sp³-hybridized carbons (Fsp3) is 0.909. The van der Waals surface area contributed by atoms with Gasteiger partial charge in [-0.05, 0) is 43.6 Å². The van der Waals surface area contributed by atoms with Crippen LogP contribution in [0.25, 0.3) is 0 Å². The van der Waals surface area contributed by atoms with E-state index in [2.05, 4.69) is 6.92 Å². The molecule has 5 aliphatic carbocycles. The average Bonchev–Trinajstić information content (AvgIpc) is 3.36. The van der Waals surface area contributed by atoms with Gasteiger partial charge in [0.25, 0.3) is 0 Å². The van der Waals surface area contributed by atoms with E-state index in [1.54, 1.807) is 5.57 Å². The third kappa shape index (κ3) is 1.49. The molecule has 2 heterocycles. The summed E-state index contributed by atoms with van der Waals surface area (Å²) in [5.41, 5.74) is 3.22. The molecule has 4 saturated carbocycles. The molecule has 4 spiro atoms. The van der Waals surface area contributed by atoms with E-state index < -0.39 is 5.79 Å². The van der Waals surface area contributed by atoms with E-state index in [0.717, 1.165) is 51.7 Å². The molecule has 7 aliphatic rings. The van der Waals surface area contributed by atoms with Crippen LogP contribution in [-0.2, 0) is 18.9 Å². The quantitative estimate of drug-likeness (QED) is 0.661. The molecular weight excluding hydrogens is 344 g/mol. The molecule has 5 nitrogen and oxygen atoms in total. The monoisotopic (exact) mass is 374 g/mol. The van der Waals surface area contributed by atoms with Gasteiger partial charge in [-0.25, -0.2) is 0 Å². The van der Waals surface area contributed by atoms with Gasteiger partial charge in [-0.3, -0.25) is 0 Å². The molecule has 7 rings (SSSR count). The van der Waals surface area contributed by atoms with Crippen LogP contribution in [0.15, 0.2) is 11.1 Å². The number of rotatable bonds is 0. The second-order valence-electron chi connectivity index (χ2n) is 10.4. The van der Waals surface area contributed by atoms with Gasteiger partial charge in [0.05, 0.1) is 32.5 Å². The molecule has 148 valence electrons. The lowest BCUT2D eigenvalue weighted by Crippen LogP contribution is -2.74. The highest BCUT2D eigenvalue weighted by molar-refractivity contribution is 5.55. The van der Waals surface area contributed by atoms with Crippen LogP contribution in [0.2, 0.25) is 0 Å². The first-order chi connectivity index (χ1) is 13.0. The molecular formula is C22H30O5. The summed E-state index contributed by atoms with van der Waals surface area (Å²) < 4.78 is 24.8. The van der Waals surface area contributed by atoms with E-state index in [0.29, 0.717) is 19.1 Å². The van der Waals surface area contributed by atoms with Crippen LogP contribution in [-0.4, -0.2) is 49.2 Å². The fourth-order valence-corrected chi connectivity index (χ4v) is 9.23. The standard InChI is InChI=1S/C22H30O5/c1-18-12-15(23)17-14-2-4-20(24-8-9-25-20)13-19(14)6-7-21(17,19)16(18)3-5-22(18)26-10-11-27-22/h15-16,23H,2-13H2,1H3/t15-,16?,18-,19+,21?/m0/s1. The minimum atomic E-state index is -0.474. The molecule has 5 atom stereocenters. The first kappa shape index (κ1) is 16.3. The summed E-state index contributed by atoms with van der Waals surface area (Å²) in [6.07, 6.45) is 7.99. The lowest BCUT2D eigenvalue weighted by Gasteiger charge is -2.79. The van der Waals surface area contributed by atoms with Crippen molar-refractivity contribution in [1.82, 2.24) is 0 Å². The summed E-state index contributed by atoms with van der Waals surface area (Å²) in [4.78, 5) is 0. The molecule has 1 N–H and O–H groups in total. The number of aliphatic hydroxyl groups excluding tert-OH is 1. The minimum Gasteiger partial charge on any atom is -0.389 e. The normalized spacial score (nSPS) is 53.6. The molecule has 0 aromatic heterocycles. The lowest BCUT2D eigenvalue weighted by molar-refractivity contribution is -0.293. The van der Waals surface area contributed by atoms with Crippen molar-refractivity contribution in [2.45, 2.75) is 76.0 Å². The smallest absolute Gasteiger partial charge is 0.174 e. The predicted octanol–water partition coefficient (Wildman–Crippen LogP) is 2.91. The second kappa shape index (κ2) is 4.65. The summed E-state index contributed by atoms with van der Waals surface area (Å²) in [6, 6.07) is 0. The number of aliphatic hydroxyl groups is 1. The van der Waals surface area contributed by atoms with Crippen LogP contribution in [0.4, 0.5) is 0 Å². The summed E-state index contributed by atoms with van der Waals surface area (Å²) in [7, 11) is 0. The summed E-state index contributed by atoms with van der Waals surface area (Å²) in [6.45, 7) is 5.17. The van der Waals surface area contributed by atoms with Gasteiger partial charge in [0.1, 0.15) is 0 Å². The van der Waals surface area contributed by atoms with Gasteiger partial charge in [-0.2, -0.15) is 0 Å². The number of hydrogen-bond acceptors (Lipinski definition) is 5. The zero-order chi connectivity index (χ0) is 18.1. The molecule has 2 unspecified atom stereocenters. The first-order valence-corrected chi connectivity index (χ1v) is 11.0. The summed E-state index contributed by atoms with van der Waals surface area (Å²) in [5.74, 6) is -0.300. The van der Waals surface area contributed by atoms with E-state index in [9.17, 15) is 5.11 Å². The first-order valence-electron chi connectivity index (χ1n) is 11.0. The Labute approximate surface area is 160 Å². The van der Waals surface area contributed by atoms with Crippen molar-refractivity contribution in [2.24, 2.45) is 22.2 Å². The largest absolute Gasteiger partial charge is 0.389 e. The van der Waals surface area contributed by atoms with Crippen LogP contribution in [0.5, 0.6) is 0 Å². The van der Waals surface area contributed by atoms with Gasteiger partial charge in [0, 0.05) is 35.5 Å². The van der Waals surface area contributed by atoms with Crippen molar-refractivity contribution in [1.29, 1.82) is 0 Å². The Kier molecular flexibility index (Phi) is 2.81. The third-order valence-electron chi connectivity index (χ3n) is 10.0. The molecule has 2 aliphatic heterocycles. The SMILES string of the molecule is C[C@]12C[C@H](O)C3=C4CCC5(C[C@]46CCC36C1CCC21OCCO1)OCCO5. The maximum absolute atomic E-state index is 11.3. The Balaban J connectivity index is 1.36. The van der Waals surface area contributed by atoms with Crippen molar-refractivity contribution >= 4 is 0 Å². The molecule has 0 bridgehead atoms. The van der Waals surface area contributed by atoms with Crippen molar-refractivity contribution in [2.75, 3.05) is 26.4 Å². The maximum Gasteiger partial charge on any atom is 0.174 e. The van der Waals surface area contributed by atoms with Gasteiger partial charge in [-0.1, -0.05) is 12.5 Å². The van der Waals surface area contributed by atoms with E-state index in [1.165, 1.54) is 18.4 Å². The fourth-order valence-electron chi connectivity index (χ4n) is 9.23. The molecule has 27 heavy (non-hydrogen) atoms. The van der Waals surface area contributed by atoms with Gasteiger partial charge in [-0.15, -0.1) is 0 Å². The topological polar surface area (TPSA) is 57.2 Å². The van der Waals surface area contributed by atoms with Gasteiger partial charge in [0.15, 0.2) is 11.6 Å². The van der Waals surface area contributed by atoms with E-state index in [1.807, 2.05) is 0 Å². The van der Waals surface area contributed by atoms with Crippen LogP contribution >= 0.6 is 0 Å². The zero-order valence-corrected chi connectivity index (χ0v) is 16.2. The molecule has 5 heteroatoms. The number of hydrogen-bond donors (Lipinski definition) is 1. The molecule has 0 aromatic carbocycles. The van der Waals surface area contributed by atoms with Crippen LogP contribution < -0.4 is 0 Å². The van der Waals surface area contributed by atoms with Crippen molar-refractivity contribution in [3.8, 4) is 0 Å². The molecule has 0 aromatic rings. The maximum atomic E-state index is 11.3. The molecule has 2 saturated heterocycles. The Morgan fingerprint density at radius 1 is 0.926 bits per heavy atom. The third-order valence-corrected chi connectivity index (χ3v) is 10.0.